The lowest BCUT2D eigenvalue weighted by molar-refractivity contribution is -0.123. The molecule has 1 amide bonds. The summed E-state index contributed by atoms with van der Waals surface area (Å²) in [5, 5.41) is 12.7. The minimum atomic E-state index is -0.587. The highest BCUT2D eigenvalue weighted by molar-refractivity contribution is 5.86. The first kappa shape index (κ1) is 12.8. The average molecular weight is 249 g/mol. The van der Waals surface area contributed by atoms with Gasteiger partial charge in [-0.1, -0.05) is 13.0 Å². The van der Waals surface area contributed by atoms with E-state index in [1.807, 2.05) is 17.9 Å². The Bertz CT molecular complexity index is 434. The fraction of sp³-hybridized carbons (Fsp3) is 0.538. The Morgan fingerprint density at radius 2 is 2.44 bits per heavy atom. The van der Waals surface area contributed by atoms with Crippen LogP contribution in [0.25, 0.3) is 0 Å². The minimum Gasteiger partial charge on any atom is -0.389 e. The molecule has 1 aliphatic rings. The molecule has 0 bridgehead atoms. The lowest BCUT2D eigenvalue weighted by Crippen LogP contribution is -2.55. The second kappa shape index (κ2) is 5.35. The fourth-order valence-corrected chi connectivity index (χ4v) is 2.35. The molecule has 2 atom stereocenters. The summed E-state index contributed by atoms with van der Waals surface area (Å²) in [5.41, 5.74) is 0.769. The van der Waals surface area contributed by atoms with Crippen LogP contribution in [0.15, 0.2) is 18.3 Å². The highest BCUT2D eigenvalue weighted by Gasteiger charge is 2.30. The van der Waals surface area contributed by atoms with E-state index in [0.29, 0.717) is 12.4 Å². The quantitative estimate of drug-likeness (QED) is 0.833. The predicted molar refractivity (Wildman–Crippen MR) is 69.3 cm³/mol. The first-order chi connectivity index (χ1) is 8.65. The fourth-order valence-electron chi connectivity index (χ4n) is 2.35. The zero-order valence-electron chi connectivity index (χ0n) is 10.8. The van der Waals surface area contributed by atoms with Gasteiger partial charge < -0.3 is 15.3 Å². The third-order valence-electron chi connectivity index (χ3n) is 3.26. The maximum Gasteiger partial charge on any atom is 0.242 e. The van der Waals surface area contributed by atoms with Crippen molar-refractivity contribution in [2.75, 3.05) is 18.0 Å². The van der Waals surface area contributed by atoms with Gasteiger partial charge >= 0.3 is 0 Å². The number of aliphatic hydroxyl groups excluding tert-OH is 1. The molecule has 0 aromatic carbocycles. The van der Waals surface area contributed by atoms with E-state index in [4.69, 9.17) is 0 Å². The molecule has 2 rings (SSSR count). The van der Waals surface area contributed by atoms with Gasteiger partial charge in [0.25, 0.3) is 0 Å². The van der Waals surface area contributed by atoms with Crippen LogP contribution in [0.5, 0.6) is 0 Å². The molecule has 1 unspecified atom stereocenters. The summed E-state index contributed by atoms with van der Waals surface area (Å²) < 4.78 is 0. The zero-order valence-corrected chi connectivity index (χ0v) is 10.8. The van der Waals surface area contributed by atoms with E-state index < -0.39 is 6.10 Å². The minimum absolute atomic E-state index is 0.0333. The molecule has 1 saturated heterocycles. The second-order valence-corrected chi connectivity index (χ2v) is 4.50. The number of carbonyl (C=O) groups is 1. The molecule has 1 aromatic rings. The summed E-state index contributed by atoms with van der Waals surface area (Å²) in [6.45, 7) is 5.03. The molecular formula is C13H19N3O2. The number of rotatable bonds is 3. The van der Waals surface area contributed by atoms with Crippen LogP contribution < -0.4 is 10.2 Å². The topological polar surface area (TPSA) is 65.5 Å². The molecule has 0 spiro atoms. The predicted octanol–water partition coefficient (Wildman–Crippen LogP) is 0.850. The van der Waals surface area contributed by atoms with Gasteiger partial charge in [-0.15, -0.1) is 0 Å². The molecule has 0 aliphatic carbocycles. The smallest absolute Gasteiger partial charge is 0.242 e. The van der Waals surface area contributed by atoms with Crippen LogP contribution in [-0.2, 0) is 4.79 Å². The van der Waals surface area contributed by atoms with Gasteiger partial charge in [0.2, 0.25) is 5.91 Å². The van der Waals surface area contributed by atoms with Gasteiger partial charge in [-0.05, 0) is 19.4 Å². The Morgan fingerprint density at radius 3 is 3.11 bits per heavy atom. The number of carbonyl (C=O) groups excluding carboxylic acids is 1. The molecule has 2 N–H and O–H groups in total. The second-order valence-electron chi connectivity index (χ2n) is 4.50. The maximum atomic E-state index is 11.8. The van der Waals surface area contributed by atoms with E-state index in [0.717, 1.165) is 18.5 Å². The van der Waals surface area contributed by atoms with Crippen molar-refractivity contribution in [2.24, 2.45) is 0 Å². The summed E-state index contributed by atoms with van der Waals surface area (Å²) in [5.74, 6) is 0.750. The molecule has 1 aliphatic heterocycles. The number of aromatic nitrogens is 1. The summed E-state index contributed by atoms with van der Waals surface area (Å²) in [6, 6.07) is 3.45. The SMILES string of the molecule is CCC1C(=O)NCCN1c1ncccc1[C@@H](C)O. The molecule has 0 radical (unpaired) electrons. The molecule has 0 saturated carbocycles. The van der Waals surface area contributed by atoms with Crippen LogP contribution in [0.3, 0.4) is 0 Å². The highest BCUT2D eigenvalue weighted by atomic mass is 16.3. The van der Waals surface area contributed by atoms with Gasteiger partial charge in [0.1, 0.15) is 11.9 Å². The zero-order chi connectivity index (χ0) is 13.1. The van der Waals surface area contributed by atoms with Crippen molar-refractivity contribution in [3.05, 3.63) is 23.9 Å². The van der Waals surface area contributed by atoms with Gasteiger partial charge in [-0.2, -0.15) is 0 Å². The van der Waals surface area contributed by atoms with E-state index in [1.54, 1.807) is 19.2 Å². The van der Waals surface area contributed by atoms with Crippen LogP contribution in [-0.4, -0.2) is 35.1 Å². The third kappa shape index (κ3) is 2.31. The summed E-state index contributed by atoms with van der Waals surface area (Å²) in [6.07, 6.45) is 1.83. The van der Waals surface area contributed by atoms with Crippen LogP contribution in [0.1, 0.15) is 31.9 Å². The van der Waals surface area contributed by atoms with Crippen molar-refractivity contribution in [1.29, 1.82) is 0 Å². The molecule has 18 heavy (non-hydrogen) atoms. The number of nitrogens with one attached hydrogen (secondary N) is 1. The first-order valence-electron chi connectivity index (χ1n) is 6.32. The van der Waals surface area contributed by atoms with E-state index >= 15 is 0 Å². The number of pyridine rings is 1. The van der Waals surface area contributed by atoms with Gasteiger partial charge in [-0.3, -0.25) is 4.79 Å². The molecule has 5 heteroatoms. The Morgan fingerprint density at radius 1 is 1.67 bits per heavy atom. The van der Waals surface area contributed by atoms with Crippen molar-refractivity contribution < 1.29 is 9.90 Å². The van der Waals surface area contributed by atoms with Crippen LogP contribution in [0.4, 0.5) is 5.82 Å². The Kier molecular flexibility index (Phi) is 3.81. The number of anilines is 1. The van der Waals surface area contributed by atoms with Gasteiger partial charge in [0, 0.05) is 24.8 Å². The Labute approximate surface area is 107 Å². The number of aliphatic hydroxyl groups is 1. The first-order valence-corrected chi connectivity index (χ1v) is 6.32. The molecule has 1 fully saturated rings. The highest BCUT2D eigenvalue weighted by Crippen LogP contribution is 2.26. The van der Waals surface area contributed by atoms with Crippen molar-refractivity contribution in [3.8, 4) is 0 Å². The van der Waals surface area contributed by atoms with E-state index in [1.165, 1.54) is 0 Å². The molecule has 2 heterocycles. The van der Waals surface area contributed by atoms with Gasteiger partial charge in [0.15, 0.2) is 0 Å². The average Bonchev–Trinajstić information content (AvgIpc) is 2.38. The van der Waals surface area contributed by atoms with Crippen molar-refractivity contribution in [1.82, 2.24) is 10.3 Å². The van der Waals surface area contributed by atoms with Crippen molar-refractivity contribution >= 4 is 11.7 Å². The van der Waals surface area contributed by atoms with Crippen LogP contribution >= 0.6 is 0 Å². The number of amides is 1. The van der Waals surface area contributed by atoms with Crippen molar-refractivity contribution in [2.45, 2.75) is 32.4 Å². The van der Waals surface area contributed by atoms with Gasteiger partial charge in [-0.25, -0.2) is 4.98 Å². The molecule has 1 aromatic heterocycles. The van der Waals surface area contributed by atoms with E-state index in [2.05, 4.69) is 10.3 Å². The summed E-state index contributed by atoms with van der Waals surface area (Å²) in [4.78, 5) is 18.2. The lowest BCUT2D eigenvalue weighted by Gasteiger charge is -2.36. The van der Waals surface area contributed by atoms with Crippen LogP contribution in [0.2, 0.25) is 0 Å². The third-order valence-corrected chi connectivity index (χ3v) is 3.26. The van der Waals surface area contributed by atoms with E-state index in [9.17, 15) is 9.90 Å². The summed E-state index contributed by atoms with van der Waals surface area (Å²) >= 11 is 0. The van der Waals surface area contributed by atoms with E-state index in [-0.39, 0.29) is 11.9 Å². The summed E-state index contributed by atoms with van der Waals surface area (Å²) in [7, 11) is 0. The largest absolute Gasteiger partial charge is 0.389 e. The van der Waals surface area contributed by atoms with Crippen molar-refractivity contribution in [3.63, 3.8) is 0 Å². The maximum absolute atomic E-state index is 11.8. The number of piperazine rings is 1. The molecule has 5 nitrogen and oxygen atoms in total. The molecule has 98 valence electrons. The number of hydrogen-bond donors (Lipinski definition) is 2. The number of nitrogens with zero attached hydrogens (tertiary/aromatic N) is 2. The molecular weight excluding hydrogens is 230 g/mol. The monoisotopic (exact) mass is 249 g/mol. The lowest BCUT2D eigenvalue weighted by atomic mass is 10.1. The standard InChI is InChI=1S/C13H19N3O2/c1-3-11-13(18)15-7-8-16(11)12-10(9(2)17)5-4-6-14-12/h4-6,9,11,17H,3,7-8H2,1-2H3,(H,15,18)/t9-,11?/m1/s1. The Balaban J connectivity index is 2.37. The van der Waals surface area contributed by atoms with Gasteiger partial charge in [0.05, 0.1) is 6.10 Å². The number of hydrogen-bond acceptors (Lipinski definition) is 4. The Hall–Kier alpha value is -1.62. The normalized spacial score (nSPS) is 21.6. The van der Waals surface area contributed by atoms with Crippen LogP contribution in [0, 0.1) is 0 Å².